The summed E-state index contributed by atoms with van der Waals surface area (Å²) in [7, 11) is -3.50. The minimum Gasteiger partial charge on any atom is -0.321 e. The number of hydrogen-bond acceptors (Lipinski definition) is 4. The van der Waals surface area contributed by atoms with Gasteiger partial charge in [-0.3, -0.25) is 4.79 Å². The van der Waals surface area contributed by atoms with Crippen molar-refractivity contribution in [2.45, 2.75) is 35.5 Å². The Morgan fingerprint density at radius 2 is 1.59 bits per heavy atom. The predicted molar refractivity (Wildman–Crippen MR) is 110 cm³/mol. The first-order valence-electron chi connectivity index (χ1n) is 9.07. The van der Waals surface area contributed by atoms with E-state index in [1.165, 1.54) is 12.1 Å². The Balaban J connectivity index is 1.75. The zero-order valence-electron chi connectivity index (χ0n) is 15.3. The fourth-order valence-corrected chi connectivity index (χ4v) is 5.22. The minimum atomic E-state index is -3.50. The van der Waals surface area contributed by atoms with Crippen molar-refractivity contribution < 1.29 is 13.2 Å². The Bertz CT molecular complexity index is 888. The van der Waals surface area contributed by atoms with Gasteiger partial charge in [-0.15, -0.1) is 11.8 Å². The van der Waals surface area contributed by atoms with Gasteiger partial charge >= 0.3 is 0 Å². The molecule has 1 N–H and O–H groups in total. The molecule has 0 saturated carbocycles. The van der Waals surface area contributed by atoms with Crippen molar-refractivity contribution in [3.8, 4) is 0 Å². The number of nitrogens with zero attached hydrogens (tertiary/aromatic N) is 1. The highest BCUT2D eigenvalue weighted by Crippen LogP contribution is 2.25. The van der Waals surface area contributed by atoms with E-state index in [4.69, 9.17) is 0 Å². The van der Waals surface area contributed by atoms with Crippen molar-refractivity contribution in [2.24, 2.45) is 0 Å². The summed E-state index contributed by atoms with van der Waals surface area (Å²) in [5.74, 6) is -0.254. The molecule has 1 amide bonds. The van der Waals surface area contributed by atoms with E-state index >= 15 is 0 Å². The van der Waals surface area contributed by atoms with Gasteiger partial charge < -0.3 is 5.32 Å². The normalized spacial score (nSPS) is 15.9. The van der Waals surface area contributed by atoms with Gasteiger partial charge in [0.05, 0.1) is 10.6 Å². The second kappa shape index (κ2) is 8.91. The van der Waals surface area contributed by atoms with Gasteiger partial charge in [0.25, 0.3) is 5.91 Å². The molecule has 144 valence electrons. The Kier molecular flexibility index (Phi) is 6.57. The van der Waals surface area contributed by atoms with Crippen LogP contribution in [0, 0.1) is 0 Å². The number of carbonyl (C=O) groups is 1. The monoisotopic (exact) mass is 404 g/mol. The highest BCUT2D eigenvalue weighted by molar-refractivity contribution is 7.98. The lowest BCUT2D eigenvalue weighted by molar-refractivity contribution is 0.102. The molecule has 5 nitrogen and oxygen atoms in total. The summed E-state index contributed by atoms with van der Waals surface area (Å²) in [5.41, 5.74) is 1.18. The third-order valence-corrected chi connectivity index (χ3v) is 7.38. The molecular formula is C20H24N2O3S2. The maximum Gasteiger partial charge on any atom is 0.255 e. The van der Waals surface area contributed by atoms with Crippen molar-refractivity contribution in [2.75, 3.05) is 24.7 Å². The number of rotatable bonds is 5. The van der Waals surface area contributed by atoms with Crippen LogP contribution in [0.3, 0.4) is 0 Å². The van der Waals surface area contributed by atoms with Gasteiger partial charge in [0.2, 0.25) is 10.0 Å². The van der Waals surface area contributed by atoms with Gasteiger partial charge in [0.15, 0.2) is 0 Å². The van der Waals surface area contributed by atoms with Crippen LogP contribution >= 0.6 is 11.8 Å². The van der Waals surface area contributed by atoms with Gasteiger partial charge in [-0.1, -0.05) is 25.0 Å². The molecule has 1 aliphatic heterocycles. The summed E-state index contributed by atoms with van der Waals surface area (Å²) >= 11 is 1.56. The Hall–Kier alpha value is -1.83. The summed E-state index contributed by atoms with van der Waals surface area (Å²) in [4.78, 5) is 13.7. The van der Waals surface area contributed by atoms with E-state index in [9.17, 15) is 13.2 Å². The van der Waals surface area contributed by atoms with Crippen LogP contribution in [0.15, 0.2) is 58.3 Å². The molecule has 0 atom stereocenters. The standard InChI is InChI=1S/C20H24N2O3S2/c1-26-19-9-5-4-8-18(19)21-20(23)16-10-12-17(13-11-16)27(24,25)22-14-6-2-3-7-15-22/h4-5,8-13H,2-3,6-7,14-15H2,1H3,(H,21,23). The predicted octanol–water partition coefficient (Wildman–Crippen LogP) is 4.23. The van der Waals surface area contributed by atoms with Crippen molar-refractivity contribution >= 4 is 33.4 Å². The molecule has 7 heteroatoms. The van der Waals surface area contributed by atoms with Crippen LogP contribution < -0.4 is 5.32 Å². The van der Waals surface area contributed by atoms with Gasteiger partial charge in [-0.2, -0.15) is 4.31 Å². The smallest absolute Gasteiger partial charge is 0.255 e. The minimum absolute atomic E-state index is 0.241. The van der Waals surface area contributed by atoms with Crippen LogP contribution in [0.5, 0.6) is 0 Å². The van der Waals surface area contributed by atoms with Gasteiger partial charge in [0, 0.05) is 23.5 Å². The molecule has 27 heavy (non-hydrogen) atoms. The second-order valence-corrected chi connectivity index (χ2v) is 9.28. The van der Waals surface area contributed by atoms with E-state index in [-0.39, 0.29) is 10.8 Å². The van der Waals surface area contributed by atoms with Crippen LogP contribution in [-0.2, 0) is 10.0 Å². The quantitative estimate of drug-likeness (QED) is 0.758. The lowest BCUT2D eigenvalue weighted by atomic mass is 10.2. The Morgan fingerprint density at radius 3 is 2.22 bits per heavy atom. The lowest BCUT2D eigenvalue weighted by Gasteiger charge is -2.20. The fourth-order valence-electron chi connectivity index (χ4n) is 3.15. The van der Waals surface area contributed by atoms with Crippen LogP contribution in [0.2, 0.25) is 0 Å². The average molecular weight is 405 g/mol. The lowest BCUT2D eigenvalue weighted by Crippen LogP contribution is -2.31. The Morgan fingerprint density at radius 1 is 0.963 bits per heavy atom. The summed E-state index contributed by atoms with van der Waals surface area (Å²) < 4.78 is 27.2. The highest BCUT2D eigenvalue weighted by Gasteiger charge is 2.25. The molecule has 1 fully saturated rings. The second-order valence-electron chi connectivity index (χ2n) is 6.50. The first kappa shape index (κ1) is 19.9. The number of nitrogens with one attached hydrogen (secondary N) is 1. The molecule has 0 radical (unpaired) electrons. The molecule has 0 aliphatic carbocycles. The molecule has 1 aliphatic rings. The topological polar surface area (TPSA) is 66.5 Å². The number of anilines is 1. The van der Waals surface area contributed by atoms with Crippen molar-refractivity contribution in [1.29, 1.82) is 0 Å². The molecule has 0 bridgehead atoms. The van der Waals surface area contributed by atoms with Crippen LogP contribution in [0.25, 0.3) is 0 Å². The van der Waals surface area contributed by atoms with E-state index in [0.717, 1.165) is 36.3 Å². The number of carbonyl (C=O) groups excluding carboxylic acids is 1. The number of para-hydroxylation sites is 1. The first-order valence-corrected chi connectivity index (χ1v) is 11.7. The zero-order valence-corrected chi connectivity index (χ0v) is 17.0. The van der Waals surface area contributed by atoms with Crippen molar-refractivity contribution in [3.05, 3.63) is 54.1 Å². The first-order chi connectivity index (χ1) is 13.0. The number of sulfonamides is 1. The van der Waals surface area contributed by atoms with E-state index in [1.807, 2.05) is 30.5 Å². The van der Waals surface area contributed by atoms with E-state index in [2.05, 4.69) is 5.32 Å². The number of hydrogen-bond donors (Lipinski definition) is 1. The number of benzene rings is 2. The summed E-state index contributed by atoms with van der Waals surface area (Å²) in [6.07, 6.45) is 5.89. The van der Waals surface area contributed by atoms with Crippen LogP contribution in [-0.4, -0.2) is 38.0 Å². The van der Waals surface area contributed by atoms with Gasteiger partial charge in [0.1, 0.15) is 0 Å². The van der Waals surface area contributed by atoms with E-state index in [0.29, 0.717) is 18.7 Å². The molecular weight excluding hydrogens is 380 g/mol. The Labute approximate surface area is 165 Å². The number of thioether (sulfide) groups is 1. The van der Waals surface area contributed by atoms with Gasteiger partial charge in [-0.05, 0) is 55.5 Å². The molecule has 0 spiro atoms. The summed E-state index contributed by atoms with van der Waals surface area (Å²) in [6, 6.07) is 13.8. The molecule has 1 heterocycles. The fraction of sp³-hybridized carbons (Fsp3) is 0.350. The summed E-state index contributed by atoms with van der Waals surface area (Å²) in [5, 5.41) is 2.89. The van der Waals surface area contributed by atoms with Crippen LogP contribution in [0.1, 0.15) is 36.0 Å². The molecule has 3 rings (SSSR count). The van der Waals surface area contributed by atoms with E-state index in [1.54, 1.807) is 28.2 Å². The van der Waals surface area contributed by atoms with Crippen LogP contribution in [0.4, 0.5) is 5.69 Å². The van der Waals surface area contributed by atoms with Crippen molar-refractivity contribution in [3.63, 3.8) is 0 Å². The molecule has 1 saturated heterocycles. The SMILES string of the molecule is CSc1ccccc1NC(=O)c1ccc(S(=O)(=O)N2CCCCCC2)cc1. The molecule has 0 aromatic heterocycles. The molecule has 0 unspecified atom stereocenters. The van der Waals surface area contributed by atoms with E-state index < -0.39 is 10.0 Å². The maximum absolute atomic E-state index is 12.8. The third-order valence-electron chi connectivity index (χ3n) is 4.67. The van der Waals surface area contributed by atoms with Gasteiger partial charge in [-0.25, -0.2) is 8.42 Å². The average Bonchev–Trinajstić information content (AvgIpc) is 2.98. The largest absolute Gasteiger partial charge is 0.321 e. The zero-order chi connectivity index (χ0) is 19.3. The van der Waals surface area contributed by atoms with Crippen molar-refractivity contribution in [1.82, 2.24) is 4.31 Å². The maximum atomic E-state index is 12.8. The summed E-state index contributed by atoms with van der Waals surface area (Å²) in [6.45, 7) is 1.13. The molecule has 2 aromatic rings. The number of amides is 1. The highest BCUT2D eigenvalue weighted by atomic mass is 32.2. The molecule has 2 aromatic carbocycles. The third kappa shape index (κ3) is 4.72.